The normalized spacial score (nSPS) is 10.1. The molecule has 1 heterocycles. The van der Waals surface area contributed by atoms with Gasteiger partial charge in [0, 0.05) is 17.6 Å². The molecular formula is C11H9BrClN3. The smallest absolute Gasteiger partial charge is 0.144 e. The molecule has 82 valence electrons. The van der Waals surface area contributed by atoms with Crippen molar-refractivity contribution >= 4 is 44.7 Å². The molecule has 0 amide bonds. The summed E-state index contributed by atoms with van der Waals surface area (Å²) in [7, 11) is 0. The molecule has 0 bridgehead atoms. The van der Waals surface area contributed by atoms with Gasteiger partial charge in [-0.3, -0.25) is 0 Å². The summed E-state index contributed by atoms with van der Waals surface area (Å²) < 4.78 is 0.817. The first-order valence-electron chi connectivity index (χ1n) is 4.59. The summed E-state index contributed by atoms with van der Waals surface area (Å²) in [6, 6.07) is 9.21. The van der Waals surface area contributed by atoms with Crippen molar-refractivity contribution in [3.8, 4) is 0 Å². The second-order valence-corrected chi connectivity index (χ2v) is 4.52. The lowest BCUT2D eigenvalue weighted by Gasteiger charge is -2.07. The average Bonchev–Trinajstić information content (AvgIpc) is 2.25. The SMILES string of the molecule is Nc1ccc(Nc2ncc(Cl)cc2Br)cc1. The van der Waals surface area contributed by atoms with E-state index in [0.29, 0.717) is 10.8 Å². The third-order valence-corrected chi connectivity index (χ3v) is 2.79. The Hall–Kier alpha value is -1.26. The van der Waals surface area contributed by atoms with Crippen molar-refractivity contribution in [3.05, 3.63) is 46.0 Å². The van der Waals surface area contributed by atoms with E-state index in [2.05, 4.69) is 26.2 Å². The molecular weight excluding hydrogens is 289 g/mol. The molecule has 0 spiro atoms. The lowest BCUT2D eigenvalue weighted by molar-refractivity contribution is 1.29. The number of aromatic nitrogens is 1. The van der Waals surface area contributed by atoms with Crippen LogP contribution in [0.4, 0.5) is 17.2 Å². The summed E-state index contributed by atoms with van der Waals surface area (Å²) in [6.45, 7) is 0. The third kappa shape index (κ3) is 2.65. The molecule has 0 aliphatic rings. The minimum atomic E-state index is 0.592. The summed E-state index contributed by atoms with van der Waals surface area (Å²) >= 11 is 9.19. The van der Waals surface area contributed by atoms with Gasteiger partial charge in [0.25, 0.3) is 0 Å². The Labute approximate surface area is 107 Å². The largest absolute Gasteiger partial charge is 0.399 e. The molecule has 16 heavy (non-hydrogen) atoms. The molecule has 0 atom stereocenters. The maximum atomic E-state index is 5.80. The number of nitrogen functional groups attached to an aromatic ring is 1. The number of halogens is 2. The summed E-state index contributed by atoms with van der Waals surface area (Å²) in [5.74, 6) is 0.717. The van der Waals surface area contributed by atoms with Crippen LogP contribution in [0.3, 0.4) is 0 Å². The molecule has 3 nitrogen and oxygen atoms in total. The number of nitrogens with one attached hydrogen (secondary N) is 1. The number of hydrogen-bond acceptors (Lipinski definition) is 3. The monoisotopic (exact) mass is 297 g/mol. The Balaban J connectivity index is 2.23. The van der Waals surface area contributed by atoms with E-state index >= 15 is 0 Å². The van der Waals surface area contributed by atoms with Crippen LogP contribution < -0.4 is 11.1 Å². The van der Waals surface area contributed by atoms with Crippen LogP contribution in [0.25, 0.3) is 0 Å². The van der Waals surface area contributed by atoms with E-state index in [1.165, 1.54) is 0 Å². The van der Waals surface area contributed by atoms with Crippen molar-refractivity contribution in [1.29, 1.82) is 0 Å². The highest BCUT2D eigenvalue weighted by molar-refractivity contribution is 9.10. The van der Waals surface area contributed by atoms with Crippen molar-refractivity contribution < 1.29 is 0 Å². The van der Waals surface area contributed by atoms with Gasteiger partial charge in [0.1, 0.15) is 5.82 Å². The van der Waals surface area contributed by atoms with Crippen LogP contribution in [0, 0.1) is 0 Å². The Bertz CT molecular complexity index is 499. The summed E-state index contributed by atoms with van der Waals surface area (Å²) in [4.78, 5) is 4.17. The maximum absolute atomic E-state index is 5.80. The van der Waals surface area contributed by atoms with Gasteiger partial charge >= 0.3 is 0 Å². The van der Waals surface area contributed by atoms with E-state index in [1.807, 2.05) is 24.3 Å². The minimum Gasteiger partial charge on any atom is -0.399 e. The second-order valence-electron chi connectivity index (χ2n) is 3.23. The summed E-state index contributed by atoms with van der Waals surface area (Å²) in [6.07, 6.45) is 1.59. The van der Waals surface area contributed by atoms with Gasteiger partial charge in [-0.25, -0.2) is 4.98 Å². The van der Waals surface area contributed by atoms with Crippen LogP contribution in [0.2, 0.25) is 5.02 Å². The zero-order valence-electron chi connectivity index (χ0n) is 8.24. The van der Waals surface area contributed by atoms with Gasteiger partial charge in [0.2, 0.25) is 0 Å². The molecule has 1 aromatic heterocycles. The van der Waals surface area contributed by atoms with Crippen molar-refractivity contribution in [2.24, 2.45) is 0 Å². The van der Waals surface area contributed by atoms with Gasteiger partial charge in [0.15, 0.2) is 0 Å². The Kier molecular flexibility index (Phi) is 3.31. The van der Waals surface area contributed by atoms with E-state index in [1.54, 1.807) is 12.3 Å². The maximum Gasteiger partial charge on any atom is 0.144 e. The lowest BCUT2D eigenvalue weighted by Crippen LogP contribution is -1.94. The second kappa shape index (κ2) is 4.72. The highest BCUT2D eigenvalue weighted by atomic mass is 79.9. The van der Waals surface area contributed by atoms with Crippen molar-refractivity contribution in [1.82, 2.24) is 4.98 Å². The molecule has 0 saturated carbocycles. The third-order valence-electron chi connectivity index (χ3n) is 1.98. The van der Waals surface area contributed by atoms with Crippen molar-refractivity contribution in [2.45, 2.75) is 0 Å². The Morgan fingerprint density at radius 2 is 1.94 bits per heavy atom. The summed E-state index contributed by atoms with van der Waals surface area (Å²) in [5, 5.41) is 3.75. The van der Waals surface area contributed by atoms with Crippen LogP contribution in [0.5, 0.6) is 0 Å². The molecule has 0 saturated heterocycles. The van der Waals surface area contributed by atoms with Gasteiger partial charge < -0.3 is 11.1 Å². The number of benzene rings is 1. The molecule has 0 aliphatic heterocycles. The average molecular weight is 299 g/mol. The van der Waals surface area contributed by atoms with E-state index in [0.717, 1.165) is 15.8 Å². The van der Waals surface area contributed by atoms with E-state index < -0.39 is 0 Å². The number of nitrogens with two attached hydrogens (primary N) is 1. The highest BCUT2D eigenvalue weighted by Crippen LogP contribution is 2.26. The van der Waals surface area contributed by atoms with E-state index in [-0.39, 0.29) is 0 Å². The predicted octanol–water partition coefficient (Wildman–Crippen LogP) is 3.82. The minimum absolute atomic E-state index is 0.592. The van der Waals surface area contributed by atoms with Crippen LogP contribution in [-0.4, -0.2) is 4.98 Å². The highest BCUT2D eigenvalue weighted by Gasteiger charge is 2.02. The van der Waals surface area contributed by atoms with Crippen LogP contribution in [0.1, 0.15) is 0 Å². The topological polar surface area (TPSA) is 50.9 Å². The molecule has 2 aromatic rings. The number of pyridine rings is 1. The quantitative estimate of drug-likeness (QED) is 0.829. The molecule has 5 heteroatoms. The first-order chi connectivity index (χ1) is 7.65. The van der Waals surface area contributed by atoms with Gasteiger partial charge in [0.05, 0.1) is 9.50 Å². The zero-order valence-corrected chi connectivity index (χ0v) is 10.6. The lowest BCUT2D eigenvalue weighted by atomic mass is 10.3. The van der Waals surface area contributed by atoms with Gasteiger partial charge in [-0.1, -0.05) is 11.6 Å². The van der Waals surface area contributed by atoms with Crippen molar-refractivity contribution in [3.63, 3.8) is 0 Å². The van der Waals surface area contributed by atoms with Crippen LogP contribution in [-0.2, 0) is 0 Å². The van der Waals surface area contributed by atoms with Crippen LogP contribution >= 0.6 is 27.5 Å². The first kappa shape index (κ1) is 11.2. The van der Waals surface area contributed by atoms with Gasteiger partial charge in [-0.15, -0.1) is 0 Å². The van der Waals surface area contributed by atoms with Gasteiger partial charge in [-0.05, 0) is 46.3 Å². The zero-order chi connectivity index (χ0) is 11.5. The number of nitrogens with zero attached hydrogens (tertiary/aromatic N) is 1. The Morgan fingerprint density at radius 1 is 1.25 bits per heavy atom. The molecule has 0 unspecified atom stereocenters. The fourth-order valence-corrected chi connectivity index (χ4v) is 1.95. The van der Waals surface area contributed by atoms with Crippen molar-refractivity contribution in [2.75, 3.05) is 11.1 Å². The molecule has 3 N–H and O–H groups in total. The number of anilines is 3. The molecule has 0 fully saturated rings. The number of rotatable bonds is 2. The molecule has 1 aromatic carbocycles. The van der Waals surface area contributed by atoms with Crippen LogP contribution in [0.15, 0.2) is 41.0 Å². The van der Waals surface area contributed by atoms with E-state index in [9.17, 15) is 0 Å². The first-order valence-corrected chi connectivity index (χ1v) is 5.76. The number of hydrogen-bond donors (Lipinski definition) is 2. The fourth-order valence-electron chi connectivity index (χ4n) is 1.21. The van der Waals surface area contributed by atoms with Gasteiger partial charge in [-0.2, -0.15) is 0 Å². The molecule has 0 radical (unpaired) electrons. The predicted molar refractivity (Wildman–Crippen MR) is 71.1 cm³/mol. The summed E-state index contributed by atoms with van der Waals surface area (Å²) in [5.41, 5.74) is 7.25. The Morgan fingerprint density at radius 3 is 2.56 bits per heavy atom. The fraction of sp³-hybridized carbons (Fsp3) is 0. The standard InChI is InChI=1S/C11H9BrClN3/c12-10-5-7(13)6-15-11(10)16-9-3-1-8(14)2-4-9/h1-6H,14H2,(H,15,16). The molecule has 0 aliphatic carbocycles. The van der Waals surface area contributed by atoms with E-state index in [4.69, 9.17) is 17.3 Å². The molecule has 2 rings (SSSR count).